The SMILES string of the molecule is Ic1cccc2c1C(c1ccccc1)C=C2. The first kappa shape index (κ1) is 10.1. The Morgan fingerprint density at radius 3 is 2.50 bits per heavy atom. The Hall–Kier alpha value is -1.09. The smallest absolute Gasteiger partial charge is 0.0289 e. The zero-order valence-corrected chi connectivity index (χ0v) is 10.9. The van der Waals surface area contributed by atoms with Crippen LogP contribution in [0.5, 0.6) is 0 Å². The molecule has 0 nitrogen and oxygen atoms in total. The Balaban J connectivity index is 2.13. The van der Waals surface area contributed by atoms with Crippen LogP contribution in [0.2, 0.25) is 0 Å². The maximum atomic E-state index is 2.43. The molecule has 0 spiro atoms. The van der Waals surface area contributed by atoms with Gasteiger partial charge >= 0.3 is 0 Å². The molecule has 2 aromatic carbocycles. The maximum absolute atomic E-state index is 2.43. The van der Waals surface area contributed by atoms with Crippen molar-refractivity contribution in [1.29, 1.82) is 0 Å². The van der Waals surface area contributed by atoms with Crippen molar-refractivity contribution < 1.29 is 0 Å². The van der Waals surface area contributed by atoms with Crippen molar-refractivity contribution in [2.45, 2.75) is 5.92 Å². The van der Waals surface area contributed by atoms with E-state index in [1.807, 2.05) is 0 Å². The monoisotopic (exact) mass is 318 g/mol. The van der Waals surface area contributed by atoms with Crippen molar-refractivity contribution in [2.75, 3.05) is 0 Å². The van der Waals surface area contributed by atoms with Gasteiger partial charge in [-0.05, 0) is 45.3 Å². The molecule has 0 aliphatic heterocycles. The summed E-state index contributed by atoms with van der Waals surface area (Å²) in [5, 5.41) is 0. The first-order chi connectivity index (χ1) is 7.86. The highest BCUT2D eigenvalue weighted by molar-refractivity contribution is 14.1. The van der Waals surface area contributed by atoms with Gasteiger partial charge in [0, 0.05) is 9.49 Å². The van der Waals surface area contributed by atoms with Crippen LogP contribution in [-0.2, 0) is 0 Å². The van der Waals surface area contributed by atoms with Gasteiger partial charge in [-0.25, -0.2) is 0 Å². The van der Waals surface area contributed by atoms with Crippen LogP contribution in [-0.4, -0.2) is 0 Å². The van der Waals surface area contributed by atoms with E-state index in [0.717, 1.165) is 0 Å². The molecule has 1 aliphatic carbocycles. The lowest BCUT2D eigenvalue weighted by molar-refractivity contribution is 1.04. The molecule has 1 atom stereocenters. The first-order valence-electron chi connectivity index (χ1n) is 5.38. The number of allylic oxidation sites excluding steroid dienone is 1. The molecule has 0 heterocycles. The summed E-state index contributed by atoms with van der Waals surface area (Å²) in [5.74, 6) is 0.435. The summed E-state index contributed by atoms with van der Waals surface area (Å²) in [4.78, 5) is 0. The second-order valence-corrected chi connectivity index (χ2v) is 5.15. The van der Waals surface area contributed by atoms with E-state index in [2.05, 4.69) is 83.3 Å². The molecular weight excluding hydrogens is 307 g/mol. The van der Waals surface area contributed by atoms with E-state index in [1.54, 1.807) is 0 Å². The zero-order valence-electron chi connectivity index (χ0n) is 8.73. The molecule has 0 bridgehead atoms. The minimum absolute atomic E-state index is 0.435. The van der Waals surface area contributed by atoms with E-state index < -0.39 is 0 Å². The molecule has 0 radical (unpaired) electrons. The number of hydrogen-bond acceptors (Lipinski definition) is 0. The number of benzene rings is 2. The second kappa shape index (κ2) is 4.06. The van der Waals surface area contributed by atoms with E-state index in [0.29, 0.717) is 5.92 Å². The van der Waals surface area contributed by atoms with Crippen molar-refractivity contribution in [1.82, 2.24) is 0 Å². The van der Waals surface area contributed by atoms with E-state index in [-0.39, 0.29) is 0 Å². The average Bonchev–Trinajstić information content (AvgIpc) is 2.75. The van der Waals surface area contributed by atoms with Crippen molar-refractivity contribution in [3.05, 3.63) is 74.9 Å². The molecule has 16 heavy (non-hydrogen) atoms. The molecule has 1 aliphatic rings. The summed E-state index contributed by atoms with van der Waals surface area (Å²) < 4.78 is 1.36. The van der Waals surface area contributed by atoms with E-state index in [1.165, 1.54) is 20.3 Å². The van der Waals surface area contributed by atoms with Gasteiger partial charge in [-0.3, -0.25) is 0 Å². The third-order valence-corrected chi connectivity index (χ3v) is 3.97. The summed E-state index contributed by atoms with van der Waals surface area (Å²) in [5.41, 5.74) is 4.19. The molecular formula is C15H11I. The molecule has 0 amide bonds. The standard InChI is InChI=1S/C15H11I/c16-14-8-4-7-12-9-10-13(15(12)14)11-5-2-1-3-6-11/h1-10,13H. The molecule has 1 heteroatoms. The lowest BCUT2D eigenvalue weighted by atomic mass is 9.93. The summed E-state index contributed by atoms with van der Waals surface area (Å²) in [6.45, 7) is 0. The van der Waals surface area contributed by atoms with Crippen LogP contribution in [0.15, 0.2) is 54.6 Å². The van der Waals surface area contributed by atoms with Crippen LogP contribution in [0.1, 0.15) is 22.6 Å². The van der Waals surface area contributed by atoms with E-state index in [9.17, 15) is 0 Å². The largest absolute Gasteiger partial charge is 0.0720 e. The molecule has 0 aromatic heterocycles. The summed E-state index contributed by atoms with van der Waals surface area (Å²) in [6.07, 6.45) is 4.53. The van der Waals surface area contributed by atoms with Gasteiger partial charge in [0.05, 0.1) is 0 Å². The van der Waals surface area contributed by atoms with Crippen LogP contribution in [0.3, 0.4) is 0 Å². The number of hydrogen-bond donors (Lipinski definition) is 0. The fraction of sp³-hybridized carbons (Fsp3) is 0.0667. The molecule has 78 valence electrons. The Bertz CT molecular complexity index is 541. The van der Waals surface area contributed by atoms with E-state index >= 15 is 0 Å². The van der Waals surface area contributed by atoms with Gasteiger partial charge in [-0.2, -0.15) is 0 Å². The van der Waals surface area contributed by atoms with Crippen LogP contribution in [0, 0.1) is 3.57 Å². The first-order valence-corrected chi connectivity index (χ1v) is 6.46. The Morgan fingerprint density at radius 1 is 0.875 bits per heavy atom. The molecule has 1 unspecified atom stereocenters. The Morgan fingerprint density at radius 2 is 1.69 bits per heavy atom. The second-order valence-electron chi connectivity index (χ2n) is 3.99. The topological polar surface area (TPSA) is 0 Å². The van der Waals surface area contributed by atoms with Crippen molar-refractivity contribution in [3.63, 3.8) is 0 Å². The van der Waals surface area contributed by atoms with Crippen LogP contribution >= 0.6 is 22.6 Å². The Kier molecular flexibility index (Phi) is 2.56. The molecule has 3 rings (SSSR count). The fourth-order valence-corrected chi connectivity index (χ4v) is 3.12. The highest BCUT2D eigenvalue weighted by Gasteiger charge is 2.20. The third kappa shape index (κ3) is 1.59. The van der Waals surface area contributed by atoms with Crippen LogP contribution < -0.4 is 0 Å². The number of rotatable bonds is 1. The summed E-state index contributed by atoms with van der Waals surface area (Å²) in [6, 6.07) is 17.2. The third-order valence-electron chi connectivity index (χ3n) is 3.02. The number of fused-ring (bicyclic) bond motifs is 1. The quantitative estimate of drug-likeness (QED) is 0.682. The van der Waals surface area contributed by atoms with Gasteiger partial charge in [0.25, 0.3) is 0 Å². The van der Waals surface area contributed by atoms with Crippen molar-refractivity contribution >= 4 is 28.7 Å². The van der Waals surface area contributed by atoms with Gasteiger partial charge in [0.1, 0.15) is 0 Å². The fourth-order valence-electron chi connectivity index (χ4n) is 2.26. The van der Waals surface area contributed by atoms with E-state index in [4.69, 9.17) is 0 Å². The minimum Gasteiger partial charge on any atom is -0.0720 e. The van der Waals surface area contributed by atoms with Gasteiger partial charge < -0.3 is 0 Å². The predicted molar refractivity (Wildman–Crippen MR) is 76.5 cm³/mol. The average molecular weight is 318 g/mol. The summed E-state index contributed by atoms with van der Waals surface area (Å²) in [7, 11) is 0. The van der Waals surface area contributed by atoms with Gasteiger partial charge in [0.2, 0.25) is 0 Å². The van der Waals surface area contributed by atoms with Gasteiger partial charge in [0.15, 0.2) is 0 Å². The maximum Gasteiger partial charge on any atom is 0.0289 e. The zero-order chi connectivity index (χ0) is 11.0. The summed E-state index contributed by atoms with van der Waals surface area (Å²) >= 11 is 2.43. The highest BCUT2D eigenvalue weighted by atomic mass is 127. The number of halogens is 1. The lowest BCUT2D eigenvalue weighted by Crippen LogP contribution is -1.98. The lowest BCUT2D eigenvalue weighted by Gasteiger charge is -2.13. The van der Waals surface area contributed by atoms with Crippen LogP contribution in [0.4, 0.5) is 0 Å². The molecule has 0 saturated heterocycles. The van der Waals surface area contributed by atoms with Crippen LogP contribution in [0.25, 0.3) is 6.08 Å². The highest BCUT2D eigenvalue weighted by Crippen LogP contribution is 2.37. The molecule has 2 aromatic rings. The molecule has 0 saturated carbocycles. The molecule has 0 N–H and O–H groups in total. The molecule has 0 fully saturated rings. The Labute approximate surface area is 109 Å². The minimum atomic E-state index is 0.435. The predicted octanol–water partition coefficient (Wildman–Crippen LogP) is 4.45. The van der Waals surface area contributed by atoms with Gasteiger partial charge in [-0.1, -0.05) is 54.6 Å². The normalized spacial score (nSPS) is 17.4. The van der Waals surface area contributed by atoms with Crippen molar-refractivity contribution in [2.24, 2.45) is 0 Å². The van der Waals surface area contributed by atoms with Crippen molar-refractivity contribution in [3.8, 4) is 0 Å². The van der Waals surface area contributed by atoms with Gasteiger partial charge in [-0.15, -0.1) is 0 Å².